The lowest BCUT2D eigenvalue weighted by atomic mass is 10.2. The van der Waals surface area contributed by atoms with Gasteiger partial charge in [-0.25, -0.2) is 0 Å². The molecule has 0 aliphatic carbocycles. The first-order valence-corrected chi connectivity index (χ1v) is 6.59. The van der Waals surface area contributed by atoms with Crippen LogP contribution in [0.3, 0.4) is 0 Å². The third kappa shape index (κ3) is 4.93. The summed E-state index contributed by atoms with van der Waals surface area (Å²) in [5.41, 5.74) is 0.988. The van der Waals surface area contributed by atoms with Crippen LogP contribution in [0, 0.1) is 0 Å². The van der Waals surface area contributed by atoms with E-state index in [-0.39, 0.29) is 0 Å². The number of hydrogen-bond donors (Lipinski definition) is 2. The van der Waals surface area contributed by atoms with E-state index in [2.05, 4.69) is 17.1 Å². The topological polar surface area (TPSA) is 61.7 Å². The molecule has 0 bridgehead atoms. The van der Waals surface area contributed by atoms with E-state index in [9.17, 15) is 4.21 Å². The number of nitrogens with zero attached hydrogens (tertiary/aromatic N) is 1. The van der Waals surface area contributed by atoms with Crippen molar-refractivity contribution in [3.63, 3.8) is 0 Å². The predicted octanol–water partition coefficient (Wildman–Crippen LogP) is 1.50. The molecule has 2 N–H and O–H groups in total. The summed E-state index contributed by atoms with van der Waals surface area (Å²) in [5, 5.41) is 13.9. The van der Waals surface area contributed by atoms with Gasteiger partial charge in [0, 0.05) is 17.3 Å². The summed E-state index contributed by atoms with van der Waals surface area (Å²) in [6, 6.07) is 9.55. The second kappa shape index (κ2) is 7.76. The fourth-order valence-corrected chi connectivity index (χ4v) is 2.47. The smallest absolute Gasteiger partial charge is 0.123 e. The van der Waals surface area contributed by atoms with E-state index >= 15 is 0 Å². The Hall–Kier alpha value is -1.46. The van der Waals surface area contributed by atoms with Gasteiger partial charge in [0.1, 0.15) is 5.37 Å². The lowest BCUT2D eigenvalue weighted by molar-refractivity contribution is 0.320. The lowest BCUT2D eigenvalue weighted by Gasteiger charge is -2.12. The maximum Gasteiger partial charge on any atom is 0.123 e. The molecule has 5 heteroatoms. The molecule has 1 rings (SSSR count). The molecule has 0 saturated carbocycles. The molecule has 92 valence electrons. The SMILES string of the molecule is C=CCNC(C=NO)S(=O)Cc1ccccc1. The molecule has 2 unspecified atom stereocenters. The van der Waals surface area contributed by atoms with Crippen LogP contribution >= 0.6 is 0 Å². The van der Waals surface area contributed by atoms with E-state index in [0.29, 0.717) is 12.3 Å². The second-order valence-electron chi connectivity index (χ2n) is 3.39. The van der Waals surface area contributed by atoms with Gasteiger partial charge in [-0.1, -0.05) is 41.6 Å². The zero-order chi connectivity index (χ0) is 12.5. The number of rotatable bonds is 7. The highest BCUT2D eigenvalue weighted by Gasteiger charge is 2.13. The number of nitrogens with one attached hydrogen (secondary N) is 1. The highest BCUT2D eigenvalue weighted by atomic mass is 32.2. The molecule has 0 aliphatic rings. The molecule has 2 atom stereocenters. The van der Waals surface area contributed by atoms with Crippen LogP contribution in [0.25, 0.3) is 0 Å². The molecule has 1 aromatic rings. The number of benzene rings is 1. The van der Waals surface area contributed by atoms with Gasteiger partial charge in [-0.05, 0) is 5.56 Å². The Morgan fingerprint density at radius 3 is 2.76 bits per heavy atom. The molecule has 0 radical (unpaired) electrons. The molecule has 0 heterocycles. The Kier molecular flexibility index (Phi) is 6.21. The monoisotopic (exact) mass is 252 g/mol. The Morgan fingerprint density at radius 1 is 1.47 bits per heavy atom. The van der Waals surface area contributed by atoms with Crippen LogP contribution in [-0.4, -0.2) is 27.5 Å². The van der Waals surface area contributed by atoms with Crippen LogP contribution in [0.5, 0.6) is 0 Å². The largest absolute Gasteiger partial charge is 0.411 e. The van der Waals surface area contributed by atoms with E-state index in [1.807, 2.05) is 30.3 Å². The first-order chi connectivity index (χ1) is 8.27. The van der Waals surface area contributed by atoms with Gasteiger partial charge >= 0.3 is 0 Å². The molecule has 0 aliphatic heterocycles. The lowest BCUT2D eigenvalue weighted by Crippen LogP contribution is -2.35. The Labute approximate surface area is 103 Å². The van der Waals surface area contributed by atoms with Crippen LogP contribution in [0.1, 0.15) is 5.56 Å². The van der Waals surface area contributed by atoms with Gasteiger partial charge in [0.05, 0.1) is 12.0 Å². The van der Waals surface area contributed by atoms with Gasteiger partial charge in [0.25, 0.3) is 0 Å². The molecule has 0 amide bonds. The molecule has 0 spiro atoms. The summed E-state index contributed by atoms with van der Waals surface area (Å²) in [6.07, 6.45) is 2.90. The minimum atomic E-state index is -1.18. The summed E-state index contributed by atoms with van der Waals surface area (Å²) < 4.78 is 12.0. The molecule has 1 aromatic carbocycles. The Morgan fingerprint density at radius 2 is 2.18 bits per heavy atom. The second-order valence-corrected chi connectivity index (χ2v) is 4.95. The highest BCUT2D eigenvalue weighted by molar-refractivity contribution is 7.85. The highest BCUT2D eigenvalue weighted by Crippen LogP contribution is 2.05. The molecular weight excluding hydrogens is 236 g/mol. The number of oxime groups is 1. The van der Waals surface area contributed by atoms with Gasteiger partial charge in [0.2, 0.25) is 0 Å². The van der Waals surface area contributed by atoms with E-state index in [1.54, 1.807) is 6.08 Å². The minimum absolute atomic E-state index is 0.418. The molecule has 17 heavy (non-hydrogen) atoms. The van der Waals surface area contributed by atoms with E-state index in [1.165, 1.54) is 6.21 Å². The van der Waals surface area contributed by atoms with Crippen LogP contribution in [0.4, 0.5) is 0 Å². The maximum atomic E-state index is 12.0. The summed E-state index contributed by atoms with van der Waals surface area (Å²) in [6.45, 7) is 4.08. The molecule has 0 fully saturated rings. The van der Waals surface area contributed by atoms with E-state index in [4.69, 9.17) is 5.21 Å². The van der Waals surface area contributed by atoms with Gasteiger partial charge in [-0.15, -0.1) is 6.58 Å². The molecular formula is C12H16N2O2S. The quantitative estimate of drug-likeness (QED) is 0.334. The van der Waals surface area contributed by atoms with Crippen LogP contribution < -0.4 is 5.32 Å². The summed E-state index contributed by atoms with van der Waals surface area (Å²) in [4.78, 5) is 0. The maximum absolute atomic E-state index is 12.0. The van der Waals surface area contributed by atoms with Crippen molar-refractivity contribution in [3.8, 4) is 0 Å². The average Bonchev–Trinajstić information content (AvgIpc) is 2.35. The standard InChI is InChI=1S/C12H16N2O2S/c1-2-8-13-12(9-14-15)17(16)10-11-6-4-3-5-7-11/h2-7,9,12-13,15H,1,8,10H2. The third-order valence-corrected chi connectivity index (χ3v) is 3.57. The average molecular weight is 252 g/mol. The van der Waals surface area contributed by atoms with Gasteiger partial charge in [-0.2, -0.15) is 0 Å². The Bertz CT molecular complexity index is 393. The van der Waals surface area contributed by atoms with Crippen molar-refractivity contribution in [2.45, 2.75) is 11.1 Å². The Balaban J connectivity index is 2.62. The summed E-state index contributed by atoms with van der Waals surface area (Å²) in [7, 11) is -1.18. The predicted molar refractivity (Wildman–Crippen MR) is 70.6 cm³/mol. The van der Waals surface area contributed by atoms with Crippen molar-refractivity contribution in [1.82, 2.24) is 5.32 Å². The van der Waals surface area contributed by atoms with Crippen molar-refractivity contribution in [2.75, 3.05) is 6.54 Å². The van der Waals surface area contributed by atoms with Crippen molar-refractivity contribution < 1.29 is 9.42 Å². The van der Waals surface area contributed by atoms with Crippen molar-refractivity contribution in [2.24, 2.45) is 5.16 Å². The van der Waals surface area contributed by atoms with Gasteiger partial charge in [-0.3, -0.25) is 9.53 Å². The summed E-state index contributed by atoms with van der Waals surface area (Å²) in [5.74, 6) is 0.418. The van der Waals surface area contributed by atoms with E-state index < -0.39 is 16.2 Å². The molecule has 4 nitrogen and oxygen atoms in total. The van der Waals surface area contributed by atoms with Gasteiger partial charge in [0.15, 0.2) is 0 Å². The third-order valence-electron chi connectivity index (χ3n) is 2.10. The minimum Gasteiger partial charge on any atom is -0.411 e. The van der Waals surface area contributed by atoms with Crippen molar-refractivity contribution >= 4 is 17.0 Å². The van der Waals surface area contributed by atoms with Crippen LogP contribution in [0.2, 0.25) is 0 Å². The van der Waals surface area contributed by atoms with Crippen LogP contribution in [0.15, 0.2) is 48.1 Å². The zero-order valence-corrected chi connectivity index (χ0v) is 10.3. The number of hydrogen-bond acceptors (Lipinski definition) is 4. The summed E-state index contributed by atoms with van der Waals surface area (Å²) >= 11 is 0. The van der Waals surface area contributed by atoms with Gasteiger partial charge < -0.3 is 5.21 Å². The fourth-order valence-electron chi connectivity index (χ4n) is 1.30. The normalized spacial score (nSPS) is 14.6. The molecule has 0 aromatic heterocycles. The van der Waals surface area contributed by atoms with Crippen molar-refractivity contribution in [3.05, 3.63) is 48.6 Å². The fraction of sp³-hybridized carbons (Fsp3) is 0.250. The van der Waals surface area contributed by atoms with E-state index in [0.717, 1.165) is 5.56 Å². The molecule has 0 saturated heterocycles. The van der Waals surface area contributed by atoms with Crippen molar-refractivity contribution in [1.29, 1.82) is 0 Å². The first kappa shape index (κ1) is 13.6. The van der Waals surface area contributed by atoms with Crippen LogP contribution in [-0.2, 0) is 16.6 Å². The first-order valence-electron chi connectivity index (χ1n) is 5.21. The zero-order valence-electron chi connectivity index (χ0n) is 9.45.